The van der Waals surface area contributed by atoms with E-state index in [1.54, 1.807) is 30.2 Å². The van der Waals surface area contributed by atoms with Crippen LogP contribution >= 0.6 is 11.3 Å². The second-order valence-electron chi connectivity index (χ2n) is 7.39. The predicted octanol–water partition coefficient (Wildman–Crippen LogP) is 3.31. The lowest BCUT2D eigenvalue weighted by Gasteiger charge is -2.10. The maximum Gasteiger partial charge on any atom is 0.293 e. The third-order valence-electron chi connectivity index (χ3n) is 5.35. The quantitative estimate of drug-likeness (QED) is 0.414. The van der Waals surface area contributed by atoms with E-state index >= 15 is 0 Å². The Morgan fingerprint density at radius 2 is 2.28 bits per heavy atom. The van der Waals surface area contributed by atoms with E-state index in [0.29, 0.717) is 40.7 Å². The van der Waals surface area contributed by atoms with Gasteiger partial charge in [-0.2, -0.15) is 10.2 Å². The summed E-state index contributed by atoms with van der Waals surface area (Å²) in [6.07, 6.45) is 9.04. The SMILES string of the molecule is O=CO[C@@H]1CC[C@H](n2cc(NC(=O)c3csc(-c4cn[nH]c4)n3)c(-c3ccccn3)n2)C1. The van der Waals surface area contributed by atoms with Crippen molar-refractivity contribution in [2.24, 2.45) is 0 Å². The molecule has 4 aromatic rings. The molecule has 4 aromatic heterocycles. The van der Waals surface area contributed by atoms with Crippen molar-refractivity contribution < 1.29 is 14.3 Å². The molecule has 1 aliphatic rings. The van der Waals surface area contributed by atoms with Gasteiger partial charge in [-0.05, 0) is 25.0 Å². The molecule has 1 aliphatic carbocycles. The molecule has 2 atom stereocenters. The van der Waals surface area contributed by atoms with Crippen LogP contribution in [-0.4, -0.2) is 48.4 Å². The summed E-state index contributed by atoms with van der Waals surface area (Å²) in [5.74, 6) is -0.332. The van der Waals surface area contributed by atoms with E-state index in [4.69, 9.17) is 9.84 Å². The van der Waals surface area contributed by atoms with Crippen molar-refractivity contribution in [1.82, 2.24) is 29.9 Å². The Labute approximate surface area is 186 Å². The van der Waals surface area contributed by atoms with E-state index in [1.807, 2.05) is 22.9 Å². The number of carbonyl (C=O) groups excluding carboxylic acids is 2. The largest absolute Gasteiger partial charge is 0.465 e. The van der Waals surface area contributed by atoms with E-state index in [-0.39, 0.29) is 18.1 Å². The van der Waals surface area contributed by atoms with Gasteiger partial charge >= 0.3 is 0 Å². The number of H-pyrrole nitrogens is 1. The number of nitrogens with one attached hydrogen (secondary N) is 2. The minimum Gasteiger partial charge on any atom is -0.465 e. The second kappa shape index (κ2) is 8.71. The first-order valence-electron chi connectivity index (χ1n) is 10.1. The van der Waals surface area contributed by atoms with E-state index in [0.717, 1.165) is 18.4 Å². The van der Waals surface area contributed by atoms with Gasteiger partial charge in [0.1, 0.15) is 22.5 Å². The molecule has 1 saturated carbocycles. The van der Waals surface area contributed by atoms with Crippen molar-refractivity contribution in [3.63, 3.8) is 0 Å². The van der Waals surface area contributed by atoms with Gasteiger partial charge in [0.25, 0.3) is 12.4 Å². The lowest BCUT2D eigenvalue weighted by molar-refractivity contribution is -0.133. The zero-order valence-electron chi connectivity index (χ0n) is 16.8. The number of carbonyl (C=O) groups is 2. The summed E-state index contributed by atoms with van der Waals surface area (Å²) in [4.78, 5) is 32.4. The van der Waals surface area contributed by atoms with E-state index < -0.39 is 0 Å². The molecule has 5 rings (SSSR count). The molecular weight excluding hydrogens is 430 g/mol. The number of ether oxygens (including phenoxy) is 1. The van der Waals surface area contributed by atoms with Crippen LogP contribution < -0.4 is 5.32 Å². The summed E-state index contributed by atoms with van der Waals surface area (Å²) in [5, 5.41) is 16.7. The van der Waals surface area contributed by atoms with Crippen molar-refractivity contribution in [2.75, 3.05) is 5.32 Å². The van der Waals surface area contributed by atoms with Crippen LogP contribution in [0.2, 0.25) is 0 Å². The summed E-state index contributed by atoms with van der Waals surface area (Å²) in [6.45, 7) is 0.493. The van der Waals surface area contributed by atoms with Crippen LogP contribution in [0.3, 0.4) is 0 Å². The minimum atomic E-state index is -0.332. The number of aromatic nitrogens is 6. The van der Waals surface area contributed by atoms with Crippen LogP contribution in [0.15, 0.2) is 48.4 Å². The van der Waals surface area contributed by atoms with Gasteiger partial charge in [0.15, 0.2) is 0 Å². The van der Waals surface area contributed by atoms with Gasteiger partial charge in [-0.15, -0.1) is 11.3 Å². The predicted molar refractivity (Wildman–Crippen MR) is 117 cm³/mol. The summed E-state index contributed by atoms with van der Waals surface area (Å²) >= 11 is 1.37. The van der Waals surface area contributed by atoms with Gasteiger partial charge in [0.05, 0.1) is 23.6 Å². The van der Waals surface area contributed by atoms with E-state index in [1.165, 1.54) is 11.3 Å². The van der Waals surface area contributed by atoms with E-state index in [9.17, 15) is 9.59 Å². The van der Waals surface area contributed by atoms with Crippen LogP contribution in [0.5, 0.6) is 0 Å². The molecule has 1 amide bonds. The number of nitrogens with zero attached hydrogens (tertiary/aromatic N) is 5. The Morgan fingerprint density at radius 1 is 1.34 bits per heavy atom. The first-order chi connectivity index (χ1) is 15.7. The van der Waals surface area contributed by atoms with Crippen LogP contribution in [0.4, 0.5) is 5.69 Å². The Balaban J connectivity index is 1.41. The third kappa shape index (κ3) is 4.02. The molecule has 0 radical (unpaired) electrons. The fourth-order valence-electron chi connectivity index (χ4n) is 3.79. The minimum absolute atomic E-state index is 0.0695. The number of hydrogen-bond acceptors (Lipinski definition) is 8. The fraction of sp³-hybridized carbons (Fsp3) is 0.238. The number of anilines is 1. The topological polar surface area (TPSA) is 128 Å². The molecule has 0 aliphatic heterocycles. The number of thiazole rings is 1. The van der Waals surface area contributed by atoms with Gasteiger partial charge in [-0.25, -0.2) is 4.98 Å². The Hall–Kier alpha value is -3.86. The van der Waals surface area contributed by atoms with Crippen molar-refractivity contribution in [2.45, 2.75) is 31.4 Å². The number of rotatable bonds is 7. The van der Waals surface area contributed by atoms with Crippen molar-refractivity contribution >= 4 is 29.4 Å². The Bertz CT molecular complexity index is 1220. The Kier molecular flexibility index (Phi) is 5.46. The fourth-order valence-corrected chi connectivity index (χ4v) is 4.57. The normalized spacial score (nSPS) is 17.9. The molecule has 32 heavy (non-hydrogen) atoms. The molecule has 4 heterocycles. The molecule has 0 bridgehead atoms. The molecule has 1 fully saturated rings. The Morgan fingerprint density at radius 3 is 3.06 bits per heavy atom. The number of amides is 1. The zero-order valence-corrected chi connectivity index (χ0v) is 17.7. The zero-order chi connectivity index (χ0) is 21.9. The van der Waals surface area contributed by atoms with Gasteiger partial charge in [-0.1, -0.05) is 6.07 Å². The smallest absolute Gasteiger partial charge is 0.293 e. The van der Waals surface area contributed by atoms with Gasteiger partial charge in [0, 0.05) is 36.0 Å². The van der Waals surface area contributed by atoms with Crippen LogP contribution in [0, 0.1) is 0 Å². The monoisotopic (exact) mass is 449 g/mol. The first kappa shape index (κ1) is 20.1. The molecular formula is C21H19N7O3S. The molecule has 11 heteroatoms. The highest BCUT2D eigenvalue weighted by molar-refractivity contribution is 7.13. The van der Waals surface area contributed by atoms with Crippen LogP contribution in [-0.2, 0) is 9.53 Å². The lowest BCUT2D eigenvalue weighted by atomic mass is 10.2. The van der Waals surface area contributed by atoms with Gasteiger partial charge in [-0.3, -0.25) is 24.4 Å². The first-order valence-corrected chi connectivity index (χ1v) is 10.9. The molecule has 162 valence electrons. The van der Waals surface area contributed by atoms with Crippen molar-refractivity contribution in [1.29, 1.82) is 0 Å². The van der Waals surface area contributed by atoms with Gasteiger partial charge in [0.2, 0.25) is 0 Å². The number of aromatic amines is 1. The van der Waals surface area contributed by atoms with Crippen molar-refractivity contribution in [3.05, 3.63) is 54.1 Å². The number of hydrogen-bond donors (Lipinski definition) is 2. The number of pyridine rings is 1. The maximum atomic E-state index is 12.9. The molecule has 0 unspecified atom stereocenters. The molecule has 0 spiro atoms. The second-order valence-corrected chi connectivity index (χ2v) is 8.24. The highest BCUT2D eigenvalue weighted by Gasteiger charge is 2.29. The van der Waals surface area contributed by atoms with Crippen LogP contribution in [0.25, 0.3) is 22.0 Å². The van der Waals surface area contributed by atoms with E-state index in [2.05, 4.69) is 25.5 Å². The maximum absolute atomic E-state index is 12.9. The van der Waals surface area contributed by atoms with Crippen LogP contribution in [0.1, 0.15) is 35.8 Å². The summed E-state index contributed by atoms with van der Waals surface area (Å²) < 4.78 is 6.94. The lowest BCUT2D eigenvalue weighted by Crippen LogP contribution is -2.12. The summed E-state index contributed by atoms with van der Waals surface area (Å²) in [5.41, 5.74) is 2.91. The third-order valence-corrected chi connectivity index (χ3v) is 6.24. The van der Waals surface area contributed by atoms with Gasteiger partial charge < -0.3 is 10.1 Å². The molecule has 0 saturated heterocycles. The highest BCUT2D eigenvalue weighted by atomic mass is 32.1. The molecule has 0 aromatic carbocycles. The van der Waals surface area contributed by atoms with Crippen molar-refractivity contribution in [3.8, 4) is 22.0 Å². The average molecular weight is 449 g/mol. The summed E-state index contributed by atoms with van der Waals surface area (Å²) in [7, 11) is 0. The summed E-state index contributed by atoms with van der Waals surface area (Å²) in [6, 6.07) is 5.60. The molecule has 10 nitrogen and oxygen atoms in total. The highest BCUT2D eigenvalue weighted by Crippen LogP contribution is 2.34. The molecule has 2 N–H and O–H groups in total. The average Bonchev–Trinajstić information content (AvgIpc) is 3.61. The standard InChI is InChI=1S/C21H19N7O3S/c29-12-31-15-5-4-14(7-15)28-10-17(19(27-28)16-3-1-2-6-22-16)25-20(30)18-11-32-21(26-18)13-8-23-24-9-13/h1-3,6,8-12,14-15H,4-5,7H2,(H,23,24)(H,25,30)/t14-,15+/m0/s1.